The number of hydrazine groups is 1. The van der Waals surface area contributed by atoms with E-state index in [2.05, 4.69) is 31.8 Å². The van der Waals surface area contributed by atoms with E-state index < -0.39 is 5.91 Å². The quantitative estimate of drug-likeness (QED) is 0.741. The Morgan fingerprint density at radius 2 is 1.83 bits per heavy atom. The Morgan fingerprint density at radius 1 is 1.06 bits per heavy atom. The van der Waals surface area contributed by atoms with Crippen molar-refractivity contribution in [3.63, 3.8) is 0 Å². The van der Waals surface area contributed by atoms with Gasteiger partial charge in [-0.1, -0.05) is 22.0 Å². The number of carbonyl (C=O) groups excluding carboxylic acids is 2. The highest BCUT2D eigenvalue weighted by Crippen LogP contribution is 2.11. The summed E-state index contributed by atoms with van der Waals surface area (Å²) in [6.45, 7) is 0. The lowest BCUT2D eigenvalue weighted by Crippen LogP contribution is -2.41. The highest BCUT2D eigenvalue weighted by atomic mass is 79.9. The van der Waals surface area contributed by atoms with Gasteiger partial charge in [-0.25, -0.2) is 0 Å². The molecule has 3 N–H and O–H groups in total. The molecule has 1 aromatic carbocycles. The number of rotatable bonds is 2. The number of carbonyl (C=O) groups is 2. The molecule has 2 rings (SSSR count). The fourth-order valence-corrected chi connectivity index (χ4v) is 1.75. The number of hydrogen-bond donors (Lipinski definition) is 3. The topological polar surface area (TPSA) is 74.0 Å². The molecule has 6 heteroatoms. The van der Waals surface area contributed by atoms with Crippen LogP contribution in [0.1, 0.15) is 20.8 Å². The van der Waals surface area contributed by atoms with Gasteiger partial charge in [0.15, 0.2) is 0 Å². The normalized spacial score (nSPS) is 9.83. The zero-order valence-corrected chi connectivity index (χ0v) is 10.8. The molecule has 92 valence electrons. The lowest BCUT2D eigenvalue weighted by atomic mass is 10.2. The van der Waals surface area contributed by atoms with Crippen molar-refractivity contribution in [1.29, 1.82) is 0 Å². The minimum Gasteiger partial charge on any atom is -0.357 e. The van der Waals surface area contributed by atoms with E-state index in [0.717, 1.165) is 4.47 Å². The summed E-state index contributed by atoms with van der Waals surface area (Å²) in [5.74, 6) is -0.778. The highest BCUT2D eigenvalue weighted by molar-refractivity contribution is 9.10. The molecule has 0 saturated heterocycles. The summed E-state index contributed by atoms with van der Waals surface area (Å²) in [5.41, 5.74) is 5.49. The number of nitrogens with one attached hydrogen (secondary N) is 3. The summed E-state index contributed by atoms with van der Waals surface area (Å²) >= 11 is 3.27. The molecule has 0 unspecified atom stereocenters. The Labute approximate surface area is 112 Å². The van der Waals surface area contributed by atoms with Gasteiger partial charge in [-0.2, -0.15) is 0 Å². The minimum absolute atomic E-state index is 0.379. The average Bonchev–Trinajstić information content (AvgIpc) is 2.89. The Morgan fingerprint density at radius 3 is 2.50 bits per heavy atom. The maximum atomic E-state index is 11.7. The van der Waals surface area contributed by atoms with Crippen LogP contribution in [0.25, 0.3) is 0 Å². The van der Waals surface area contributed by atoms with Gasteiger partial charge in [-0.3, -0.25) is 20.4 Å². The molecule has 18 heavy (non-hydrogen) atoms. The van der Waals surface area contributed by atoms with E-state index in [1.807, 2.05) is 6.07 Å². The van der Waals surface area contributed by atoms with Crippen LogP contribution >= 0.6 is 15.9 Å². The summed E-state index contributed by atoms with van der Waals surface area (Å²) in [4.78, 5) is 26.0. The predicted octanol–water partition coefficient (Wildman–Crippen LogP) is 1.85. The van der Waals surface area contributed by atoms with Gasteiger partial charge in [0, 0.05) is 16.2 Å². The van der Waals surface area contributed by atoms with Crippen LogP contribution in [0.2, 0.25) is 0 Å². The Bertz CT molecular complexity index is 566. The van der Waals surface area contributed by atoms with Crippen molar-refractivity contribution in [3.8, 4) is 0 Å². The van der Waals surface area contributed by atoms with Crippen LogP contribution in [-0.2, 0) is 0 Å². The number of amides is 2. The van der Waals surface area contributed by atoms with Crippen LogP contribution in [0.5, 0.6) is 0 Å². The lowest BCUT2D eigenvalue weighted by Gasteiger charge is -2.06. The fraction of sp³-hybridized carbons (Fsp3) is 0. The second kappa shape index (κ2) is 5.50. The van der Waals surface area contributed by atoms with Crippen LogP contribution in [0.15, 0.2) is 47.1 Å². The van der Waals surface area contributed by atoms with E-state index >= 15 is 0 Å². The van der Waals surface area contributed by atoms with Gasteiger partial charge in [-0.05, 0) is 30.3 Å². The molecule has 0 aliphatic carbocycles. The maximum Gasteiger partial charge on any atom is 0.286 e. The second-order valence-corrected chi connectivity index (χ2v) is 4.42. The summed E-state index contributed by atoms with van der Waals surface area (Å²) in [5, 5.41) is 0. The molecule has 0 saturated carbocycles. The van der Waals surface area contributed by atoms with Gasteiger partial charge < -0.3 is 4.98 Å². The number of hydrogen-bond acceptors (Lipinski definition) is 2. The number of benzene rings is 1. The number of halogens is 1. The second-order valence-electron chi connectivity index (χ2n) is 3.50. The van der Waals surface area contributed by atoms with Crippen molar-refractivity contribution < 1.29 is 9.59 Å². The first kappa shape index (κ1) is 12.4. The zero-order chi connectivity index (χ0) is 13.0. The first-order chi connectivity index (χ1) is 8.66. The van der Waals surface area contributed by atoms with Crippen LogP contribution in [0, 0.1) is 0 Å². The molecule has 0 fully saturated rings. The fourth-order valence-electron chi connectivity index (χ4n) is 1.35. The smallest absolute Gasteiger partial charge is 0.286 e. The molecule has 2 aromatic rings. The molecular weight excluding hydrogens is 298 g/mol. The average molecular weight is 308 g/mol. The molecule has 1 aromatic heterocycles. The van der Waals surface area contributed by atoms with Crippen LogP contribution in [0.3, 0.4) is 0 Å². The molecule has 0 spiro atoms. The summed E-state index contributed by atoms with van der Waals surface area (Å²) in [6, 6.07) is 10.2. The van der Waals surface area contributed by atoms with Crippen molar-refractivity contribution in [1.82, 2.24) is 15.8 Å². The molecule has 0 aliphatic heterocycles. The molecular formula is C12H10BrN3O2. The van der Waals surface area contributed by atoms with Gasteiger partial charge in [0.25, 0.3) is 11.8 Å². The van der Waals surface area contributed by atoms with Crippen LogP contribution < -0.4 is 10.9 Å². The number of aromatic nitrogens is 1. The van der Waals surface area contributed by atoms with Crippen molar-refractivity contribution in [3.05, 3.63) is 58.3 Å². The van der Waals surface area contributed by atoms with Gasteiger partial charge in [-0.15, -0.1) is 0 Å². The third kappa shape index (κ3) is 2.98. The molecule has 0 aliphatic rings. The summed E-state index contributed by atoms with van der Waals surface area (Å²) < 4.78 is 0.797. The first-order valence-electron chi connectivity index (χ1n) is 5.16. The molecule has 1 heterocycles. The standard InChI is InChI=1S/C12H10BrN3O2/c13-9-4-1-3-8(7-9)11(17)15-16-12(18)10-5-2-6-14-10/h1-7,14H,(H,15,17)(H,16,18). The van der Waals surface area contributed by atoms with Gasteiger partial charge >= 0.3 is 0 Å². The van der Waals surface area contributed by atoms with Crippen molar-refractivity contribution in [2.45, 2.75) is 0 Å². The van der Waals surface area contributed by atoms with Gasteiger partial charge in [0.05, 0.1) is 0 Å². The predicted molar refractivity (Wildman–Crippen MR) is 69.9 cm³/mol. The summed E-state index contributed by atoms with van der Waals surface area (Å²) in [6.07, 6.45) is 1.63. The van der Waals surface area contributed by atoms with E-state index in [1.165, 1.54) is 0 Å². The van der Waals surface area contributed by atoms with Crippen LogP contribution in [-0.4, -0.2) is 16.8 Å². The van der Waals surface area contributed by atoms with Crippen molar-refractivity contribution in [2.24, 2.45) is 0 Å². The largest absolute Gasteiger partial charge is 0.357 e. The zero-order valence-electron chi connectivity index (χ0n) is 9.24. The Hall–Kier alpha value is -2.08. The number of H-pyrrole nitrogens is 1. The van der Waals surface area contributed by atoms with Crippen molar-refractivity contribution in [2.75, 3.05) is 0 Å². The number of aromatic amines is 1. The SMILES string of the molecule is O=C(NNC(=O)c1ccc[nH]1)c1cccc(Br)c1. The van der Waals surface area contributed by atoms with E-state index in [9.17, 15) is 9.59 Å². The Balaban J connectivity index is 1.95. The molecule has 0 bridgehead atoms. The van der Waals surface area contributed by atoms with E-state index in [0.29, 0.717) is 11.3 Å². The minimum atomic E-state index is -0.400. The molecule has 0 radical (unpaired) electrons. The van der Waals surface area contributed by atoms with E-state index in [1.54, 1.807) is 36.5 Å². The summed E-state index contributed by atoms with van der Waals surface area (Å²) in [7, 11) is 0. The maximum absolute atomic E-state index is 11.7. The third-order valence-electron chi connectivity index (χ3n) is 2.22. The lowest BCUT2D eigenvalue weighted by molar-refractivity contribution is 0.0844. The monoisotopic (exact) mass is 307 g/mol. The van der Waals surface area contributed by atoms with E-state index in [4.69, 9.17) is 0 Å². The highest BCUT2D eigenvalue weighted by Gasteiger charge is 2.09. The van der Waals surface area contributed by atoms with Crippen molar-refractivity contribution >= 4 is 27.7 Å². The van der Waals surface area contributed by atoms with Gasteiger partial charge in [0.1, 0.15) is 5.69 Å². The van der Waals surface area contributed by atoms with E-state index in [-0.39, 0.29) is 5.91 Å². The molecule has 0 atom stereocenters. The van der Waals surface area contributed by atoms with Crippen LogP contribution in [0.4, 0.5) is 0 Å². The molecule has 5 nitrogen and oxygen atoms in total. The third-order valence-corrected chi connectivity index (χ3v) is 2.71. The molecule has 2 amide bonds. The first-order valence-corrected chi connectivity index (χ1v) is 5.96. The Kier molecular flexibility index (Phi) is 3.78. The van der Waals surface area contributed by atoms with Gasteiger partial charge in [0.2, 0.25) is 0 Å².